The molecule has 6 heteroatoms. The molecule has 0 radical (unpaired) electrons. The van der Waals surface area contributed by atoms with Gasteiger partial charge in [-0.25, -0.2) is 4.79 Å². The monoisotopic (exact) mass is 153 g/mol. The Bertz CT molecular complexity index is 147. The highest BCUT2D eigenvalue weighted by molar-refractivity contribution is 5.87. The molecule has 0 unspecified atom stereocenters. The number of ether oxygens (including phenoxy) is 1. The van der Waals surface area contributed by atoms with Gasteiger partial charge >= 0.3 is 18.4 Å². The highest BCUT2D eigenvalue weighted by Gasteiger charge is 2.19. The summed E-state index contributed by atoms with van der Waals surface area (Å²) in [7, 11) is 0. The van der Waals surface area contributed by atoms with Crippen LogP contribution in [-0.4, -0.2) is 24.9 Å². The average molecular weight is 153 g/mol. The standard InChI is InChI=1S/C4H5F2NO3/c5-3(6)4(9)10-2(8)1-7/h3H,1,7H2. The number of esters is 2. The van der Waals surface area contributed by atoms with Crippen LogP contribution < -0.4 is 5.73 Å². The lowest BCUT2D eigenvalue weighted by atomic mass is 10.6. The molecule has 2 N–H and O–H groups in total. The molecule has 0 heterocycles. The van der Waals surface area contributed by atoms with Gasteiger partial charge in [-0.2, -0.15) is 8.78 Å². The van der Waals surface area contributed by atoms with E-state index in [-0.39, 0.29) is 0 Å². The zero-order valence-electron chi connectivity index (χ0n) is 4.84. The van der Waals surface area contributed by atoms with Crippen LogP contribution in [0.1, 0.15) is 0 Å². The normalized spacial score (nSPS) is 9.60. The molecule has 0 saturated carbocycles. The summed E-state index contributed by atoms with van der Waals surface area (Å²) in [4.78, 5) is 19.9. The average Bonchev–Trinajstić information content (AvgIpc) is 1.87. The van der Waals surface area contributed by atoms with E-state index in [9.17, 15) is 18.4 Å². The van der Waals surface area contributed by atoms with Gasteiger partial charge in [0.25, 0.3) is 0 Å². The summed E-state index contributed by atoms with van der Waals surface area (Å²) in [6, 6.07) is 0. The van der Waals surface area contributed by atoms with Gasteiger partial charge in [-0.1, -0.05) is 0 Å². The van der Waals surface area contributed by atoms with Crippen molar-refractivity contribution in [1.29, 1.82) is 0 Å². The molecular formula is C4H5F2NO3. The molecule has 0 amide bonds. The van der Waals surface area contributed by atoms with Crippen LogP contribution >= 0.6 is 0 Å². The Morgan fingerprint density at radius 2 is 2.00 bits per heavy atom. The van der Waals surface area contributed by atoms with Gasteiger partial charge in [-0.15, -0.1) is 0 Å². The number of carbonyl (C=O) groups is 2. The lowest BCUT2D eigenvalue weighted by Gasteiger charge is -1.97. The Morgan fingerprint density at radius 1 is 1.50 bits per heavy atom. The quantitative estimate of drug-likeness (QED) is 0.420. The first kappa shape index (κ1) is 8.96. The van der Waals surface area contributed by atoms with E-state index in [2.05, 4.69) is 10.5 Å². The largest absolute Gasteiger partial charge is 0.388 e. The van der Waals surface area contributed by atoms with E-state index in [0.29, 0.717) is 0 Å². The third-order valence-electron chi connectivity index (χ3n) is 0.559. The molecule has 0 saturated heterocycles. The molecule has 0 bridgehead atoms. The maximum atomic E-state index is 11.3. The van der Waals surface area contributed by atoms with E-state index in [4.69, 9.17) is 0 Å². The van der Waals surface area contributed by atoms with Gasteiger partial charge in [0.05, 0.1) is 6.54 Å². The predicted molar refractivity (Wildman–Crippen MR) is 26.2 cm³/mol. The van der Waals surface area contributed by atoms with Crippen molar-refractivity contribution in [3.63, 3.8) is 0 Å². The Balaban J connectivity index is 3.69. The van der Waals surface area contributed by atoms with Crippen molar-refractivity contribution in [2.24, 2.45) is 5.73 Å². The topological polar surface area (TPSA) is 69.4 Å². The zero-order valence-corrected chi connectivity index (χ0v) is 4.84. The zero-order chi connectivity index (χ0) is 8.15. The van der Waals surface area contributed by atoms with E-state index in [0.717, 1.165) is 0 Å². The van der Waals surface area contributed by atoms with Gasteiger partial charge in [0, 0.05) is 0 Å². The van der Waals surface area contributed by atoms with Gasteiger partial charge in [-0.05, 0) is 0 Å². The number of nitrogens with two attached hydrogens (primary N) is 1. The molecule has 0 aliphatic heterocycles. The maximum absolute atomic E-state index is 11.3. The van der Waals surface area contributed by atoms with Crippen LogP contribution in [0.5, 0.6) is 0 Å². The summed E-state index contributed by atoms with van der Waals surface area (Å²) in [5.74, 6) is -3.03. The van der Waals surface area contributed by atoms with E-state index < -0.39 is 24.9 Å². The lowest BCUT2D eigenvalue weighted by molar-refractivity contribution is -0.166. The fraction of sp³-hybridized carbons (Fsp3) is 0.500. The first-order valence-electron chi connectivity index (χ1n) is 2.30. The Labute approximate surface area is 54.9 Å². The number of carbonyl (C=O) groups excluding carboxylic acids is 2. The van der Waals surface area contributed by atoms with Crippen LogP contribution in [0.15, 0.2) is 0 Å². The molecule has 0 aromatic heterocycles. The van der Waals surface area contributed by atoms with Crippen molar-refractivity contribution in [1.82, 2.24) is 0 Å². The second kappa shape index (κ2) is 3.89. The molecule has 0 aromatic rings. The van der Waals surface area contributed by atoms with Crippen molar-refractivity contribution in [2.45, 2.75) is 6.43 Å². The lowest BCUT2D eigenvalue weighted by Crippen LogP contribution is -2.24. The second-order valence-electron chi connectivity index (χ2n) is 1.30. The SMILES string of the molecule is NCC(=O)OC(=O)C(F)F. The van der Waals surface area contributed by atoms with Gasteiger partial charge in [0.2, 0.25) is 0 Å². The molecule has 0 atom stereocenters. The van der Waals surface area contributed by atoms with Crippen molar-refractivity contribution in [3.8, 4) is 0 Å². The third-order valence-corrected chi connectivity index (χ3v) is 0.559. The Morgan fingerprint density at radius 3 is 2.30 bits per heavy atom. The van der Waals surface area contributed by atoms with Crippen LogP contribution in [0.4, 0.5) is 8.78 Å². The molecule has 0 aromatic carbocycles. The van der Waals surface area contributed by atoms with E-state index in [1.165, 1.54) is 0 Å². The van der Waals surface area contributed by atoms with Gasteiger partial charge in [0.1, 0.15) is 0 Å². The number of alkyl halides is 2. The summed E-state index contributed by atoms with van der Waals surface area (Å²) >= 11 is 0. The minimum Gasteiger partial charge on any atom is -0.388 e. The van der Waals surface area contributed by atoms with Crippen LogP contribution in [0.25, 0.3) is 0 Å². The second-order valence-corrected chi connectivity index (χ2v) is 1.30. The number of rotatable bonds is 2. The fourth-order valence-corrected chi connectivity index (χ4v) is 0.198. The molecular weight excluding hydrogens is 148 g/mol. The maximum Gasteiger partial charge on any atom is 0.381 e. The van der Waals surface area contributed by atoms with E-state index in [1.807, 2.05) is 0 Å². The smallest absolute Gasteiger partial charge is 0.381 e. The molecule has 0 spiro atoms. The van der Waals surface area contributed by atoms with Gasteiger partial charge < -0.3 is 10.5 Å². The summed E-state index contributed by atoms with van der Waals surface area (Å²) in [5, 5.41) is 0. The van der Waals surface area contributed by atoms with Crippen LogP contribution in [-0.2, 0) is 14.3 Å². The van der Waals surface area contributed by atoms with E-state index in [1.54, 1.807) is 0 Å². The van der Waals surface area contributed by atoms with Crippen LogP contribution in [0.3, 0.4) is 0 Å². The summed E-state index contributed by atoms with van der Waals surface area (Å²) < 4.78 is 26.0. The summed E-state index contributed by atoms with van der Waals surface area (Å²) in [6.45, 7) is -0.585. The highest BCUT2D eigenvalue weighted by atomic mass is 19.3. The number of halogens is 2. The predicted octanol–water partition coefficient (Wildman–Crippen LogP) is -0.720. The molecule has 58 valence electrons. The summed E-state index contributed by atoms with van der Waals surface area (Å²) in [5.41, 5.74) is 4.65. The van der Waals surface area contributed by atoms with Gasteiger partial charge in [0.15, 0.2) is 0 Å². The highest BCUT2D eigenvalue weighted by Crippen LogP contribution is 1.94. The minimum absolute atomic E-state index is 0.585. The number of hydrogen-bond donors (Lipinski definition) is 1. The van der Waals surface area contributed by atoms with Crippen molar-refractivity contribution >= 4 is 11.9 Å². The minimum atomic E-state index is -3.28. The molecule has 0 fully saturated rings. The van der Waals surface area contributed by atoms with Crippen LogP contribution in [0, 0.1) is 0 Å². The number of hydrogen-bond acceptors (Lipinski definition) is 4. The molecule has 0 aliphatic rings. The van der Waals surface area contributed by atoms with Crippen molar-refractivity contribution in [3.05, 3.63) is 0 Å². The fourth-order valence-electron chi connectivity index (χ4n) is 0.198. The first-order chi connectivity index (χ1) is 4.57. The Hall–Kier alpha value is -1.04. The van der Waals surface area contributed by atoms with E-state index >= 15 is 0 Å². The molecule has 10 heavy (non-hydrogen) atoms. The summed E-state index contributed by atoms with van der Waals surface area (Å²) in [6.07, 6.45) is -3.28. The third kappa shape index (κ3) is 3.08. The van der Waals surface area contributed by atoms with Gasteiger partial charge in [-0.3, -0.25) is 4.79 Å². The molecule has 4 nitrogen and oxygen atoms in total. The Kier molecular flexibility index (Phi) is 3.48. The molecule has 0 rings (SSSR count). The van der Waals surface area contributed by atoms with Crippen molar-refractivity contribution < 1.29 is 23.1 Å². The van der Waals surface area contributed by atoms with Crippen molar-refractivity contribution in [2.75, 3.05) is 6.54 Å². The van der Waals surface area contributed by atoms with Crippen LogP contribution in [0.2, 0.25) is 0 Å². The molecule has 0 aliphatic carbocycles. The first-order valence-corrected chi connectivity index (χ1v) is 2.30.